The van der Waals surface area contributed by atoms with Crippen molar-refractivity contribution >= 4 is 11.8 Å². The Kier molecular flexibility index (Phi) is 4.50. The van der Waals surface area contributed by atoms with Crippen molar-refractivity contribution in [1.82, 2.24) is 14.7 Å². The van der Waals surface area contributed by atoms with Crippen LogP contribution in [0.25, 0.3) is 0 Å². The Hall–Kier alpha value is -1.88. The fourth-order valence-electron chi connectivity index (χ4n) is 4.91. The van der Waals surface area contributed by atoms with E-state index in [1.165, 1.54) is 12.0 Å². The van der Waals surface area contributed by atoms with Gasteiger partial charge in [0.2, 0.25) is 11.8 Å². The van der Waals surface area contributed by atoms with Gasteiger partial charge in [0.1, 0.15) is 0 Å². The number of rotatable bonds is 2. The van der Waals surface area contributed by atoms with Gasteiger partial charge in [-0.2, -0.15) is 0 Å². The molecule has 0 aliphatic carbocycles. The second-order valence-corrected chi connectivity index (χ2v) is 7.55. The van der Waals surface area contributed by atoms with Gasteiger partial charge in [-0.05, 0) is 31.4 Å². The number of amides is 2. The maximum atomic E-state index is 13.2. The number of carbonyl (C=O) groups excluding carboxylic acids is 2. The summed E-state index contributed by atoms with van der Waals surface area (Å²) >= 11 is 0. The van der Waals surface area contributed by atoms with Crippen LogP contribution in [0.2, 0.25) is 0 Å². The van der Waals surface area contributed by atoms with E-state index >= 15 is 0 Å². The Morgan fingerprint density at radius 3 is 2.32 bits per heavy atom. The summed E-state index contributed by atoms with van der Waals surface area (Å²) in [5.74, 6) is 0.522. The molecule has 3 heterocycles. The minimum Gasteiger partial charge on any atom is -0.339 e. The van der Waals surface area contributed by atoms with Crippen molar-refractivity contribution in [1.29, 1.82) is 0 Å². The molecule has 2 amide bonds. The van der Waals surface area contributed by atoms with E-state index in [1.54, 1.807) is 6.92 Å². The van der Waals surface area contributed by atoms with E-state index in [1.807, 2.05) is 9.80 Å². The lowest BCUT2D eigenvalue weighted by atomic mass is 9.93. The topological polar surface area (TPSA) is 43.9 Å². The molecule has 0 N–H and O–H groups in total. The van der Waals surface area contributed by atoms with Crippen LogP contribution in [-0.4, -0.2) is 65.3 Å². The van der Waals surface area contributed by atoms with Crippen LogP contribution < -0.4 is 0 Å². The Bertz CT molecular complexity index is 640. The van der Waals surface area contributed by atoms with Gasteiger partial charge in [0.15, 0.2) is 0 Å². The second-order valence-electron chi connectivity index (χ2n) is 7.55. The Morgan fingerprint density at radius 1 is 0.960 bits per heavy atom. The highest BCUT2D eigenvalue weighted by Gasteiger charge is 2.48. The molecule has 4 rings (SSSR count). The van der Waals surface area contributed by atoms with Crippen LogP contribution in [0, 0.1) is 5.92 Å². The van der Waals surface area contributed by atoms with E-state index in [0.29, 0.717) is 44.2 Å². The molecule has 0 spiro atoms. The van der Waals surface area contributed by atoms with Crippen molar-refractivity contribution in [2.45, 2.75) is 38.3 Å². The average molecular weight is 341 g/mol. The predicted molar refractivity (Wildman–Crippen MR) is 95.9 cm³/mol. The molecule has 1 aromatic carbocycles. The van der Waals surface area contributed by atoms with E-state index < -0.39 is 0 Å². The van der Waals surface area contributed by atoms with Crippen LogP contribution in [0.1, 0.15) is 37.8 Å². The number of fused-ring (bicyclic) bond motifs is 1. The molecule has 0 saturated carbocycles. The largest absolute Gasteiger partial charge is 0.339 e. The molecular weight excluding hydrogens is 314 g/mol. The van der Waals surface area contributed by atoms with E-state index in [0.717, 1.165) is 19.4 Å². The third-order valence-electron chi connectivity index (χ3n) is 6.22. The maximum absolute atomic E-state index is 13.2. The van der Waals surface area contributed by atoms with Gasteiger partial charge >= 0.3 is 0 Å². The van der Waals surface area contributed by atoms with Crippen LogP contribution in [0.3, 0.4) is 0 Å². The second kappa shape index (κ2) is 6.79. The summed E-state index contributed by atoms with van der Waals surface area (Å²) in [6, 6.07) is 11.4. The number of carbonyl (C=O) groups is 2. The smallest absolute Gasteiger partial charge is 0.227 e. The molecule has 5 nitrogen and oxygen atoms in total. The van der Waals surface area contributed by atoms with Gasteiger partial charge in [0, 0.05) is 45.2 Å². The first kappa shape index (κ1) is 16.6. The monoisotopic (exact) mass is 341 g/mol. The normalized spacial score (nSPS) is 29.7. The third kappa shape index (κ3) is 3.06. The van der Waals surface area contributed by atoms with E-state index in [-0.39, 0.29) is 11.8 Å². The summed E-state index contributed by atoms with van der Waals surface area (Å²) < 4.78 is 0. The summed E-state index contributed by atoms with van der Waals surface area (Å²) in [6.45, 7) is 5.41. The fourth-order valence-corrected chi connectivity index (χ4v) is 4.91. The first-order valence-corrected chi connectivity index (χ1v) is 9.50. The van der Waals surface area contributed by atoms with Gasteiger partial charge in [0.25, 0.3) is 0 Å². The molecule has 25 heavy (non-hydrogen) atoms. The lowest BCUT2D eigenvalue weighted by Crippen LogP contribution is -2.52. The molecule has 3 atom stereocenters. The molecule has 0 bridgehead atoms. The summed E-state index contributed by atoms with van der Waals surface area (Å²) in [6.07, 6.45) is 3.25. The fraction of sp³-hybridized carbons (Fsp3) is 0.600. The zero-order chi connectivity index (χ0) is 17.4. The molecule has 134 valence electrons. The quantitative estimate of drug-likeness (QED) is 0.825. The molecule has 0 unspecified atom stereocenters. The molecule has 3 aliphatic heterocycles. The van der Waals surface area contributed by atoms with Crippen molar-refractivity contribution in [3.05, 3.63) is 35.9 Å². The predicted octanol–water partition coefficient (Wildman–Crippen LogP) is 1.90. The van der Waals surface area contributed by atoms with Gasteiger partial charge in [-0.3, -0.25) is 14.5 Å². The van der Waals surface area contributed by atoms with Crippen LogP contribution in [-0.2, 0) is 9.59 Å². The summed E-state index contributed by atoms with van der Waals surface area (Å²) in [5.41, 5.74) is 1.34. The van der Waals surface area contributed by atoms with Gasteiger partial charge in [-0.25, -0.2) is 0 Å². The lowest BCUT2D eigenvalue weighted by Gasteiger charge is -2.36. The number of hydrogen-bond acceptors (Lipinski definition) is 3. The number of piperazine rings is 1. The SMILES string of the molecule is CC(=O)N1CCN(C(=O)[C@@H]2C[C@H](c3ccccc3)N3CCC[C@@H]23)CC1. The highest BCUT2D eigenvalue weighted by atomic mass is 16.2. The molecule has 3 aliphatic rings. The van der Waals surface area contributed by atoms with E-state index in [9.17, 15) is 9.59 Å². The molecule has 0 radical (unpaired) electrons. The highest BCUT2D eigenvalue weighted by Crippen LogP contribution is 2.45. The number of nitrogens with zero attached hydrogens (tertiary/aromatic N) is 3. The maximum Gasteiger partial charge on any atom is 0.227 e. The molecule has 3 fully saturated rings. The summed E-state index contributed by atoms with van der Waals surface area (Å²) in [4.78, 5) is 31.1. The zero-order valence-electron chi connectivity index (χ0n) is 14.9. The van der Waals surface area contributed by atoms with E-state index in [4.69, 9.17) is 0 Å². The third-order valence-corrected chi connectivity index (χ3v) is 6.22. The van der Waals surface area contributed by atoms with Gasteiger partial charge in [-0.1, -0.05) is 30.3 Å². The van der Waals surface area contributed by atoms with Crippen molar-refractivity contribution in [3.8, 4) is 0 Å². The molecule has 1 aromatic rings. The minimum absolute atomic E-state index is 0.108. The van der Waals surface area contributed by atoms with Crippen LogP contribution in [0.15, 0.2) is 30.3 Å². The number of benzene rings is 1. The van der Waals surface area contributed by atoms with Gasteiger partial charge in [-0.15, -0.1) is 0 Å². The van der Waals surface area contributed by atoms with Gasteiger partial charge < -0.3 is 9.80 Å². The van der Waals surface area contributed by atoms with Crippen LogP contribution in [0.5, 0.6) is 0 Å². The first-order valence-electron chi connectivity index (χ1n) is 9.50. The van der Waals surface area contributed by atoms with Crippen LogP contribution in [0.4, 0.5) is 0 Å². The minimum atomic E-state index is 0.108. The Labute approximate surface area is 149 Å². The average Bonchev–Trinajstić information content (AvgIpc) is 3.24. The summed E-state index contributed by atoms with van der Waals surface area (Å²) in [5, 5.41) is 0. The van der Waals surface area contributed by atoms with Crippen LogP contribution >= 0.6 is 0 Å². The Balaban J connectivity index is 1.47. The lowest BCUT2D eigenvalue weighted by molar-refractivity contribution is -0.141. The highest BCUT2D eigenvalue weighted by molar-refractivity contribution is 5.81. The molecule has 3 saturated heterocycles. The molecule has 0 aromatic heterocycles. The van der Waals surface area contributed by atoms with Crippen molar-refractivity contribution in [2.24, 2.45) is 5.92 Å². The van der Waals surface area contributed by atoms with Crippen molar-refractivity contribution < 1.29 is 9.59 Å². The van der Waals surface area contributed by atoms with Crippen molar-refractivity contribution in [2.75, 3.05) is 32.7 Å². The molecular formula is C20H27N3O2. The van der Waals surface area contributed by atoms with E-state index in [2.05, 4.69) is 35.2 Å². The number of hydrogen-bond donors (Lipinski definition) is 0. The Morgan fingerprint density at radius 2 is 1.64 bits per heavy atom. The van der Waals surface area contributed by atoms with Crippen molar-refractivity contribution in [3.63, 3.8) is 0 Å². The first-order chi connectivity index (χ1) is 12.1. The molecule has 5 heteroatoms. The standard InChI is InChI=1S/C20H27N3O2/c1-15(24)21-10-12-22(13-11-21)20(25)17-14-19(16-6-3-2-4-7-16)23-9-5-8-18(17)23/h2-4,6-7,17-19H,5,8-14H2,1H3/t17-,18+,19-/m1/s1. The van der Waals surface area contributed by atoms with Gasteiger partial charge in [0.05, 0.1) is 5.92 Å². The summed E-state index contributed by atoms with van der Waals surface area (Å²) in [7, 11) is 0. The zero-order valence-corrected chi connectivity index (χ0v) is 14.9.